The Hall–Kier alpha value is -3.23. The van der Waals surface area contributed by atoms with E-state index in [-0.39, 0.29) is 11.6 Å². The molecule has 2 aromatic carbocycles. The van der Waals surface area contributed by atoms with Crippen molar-refractivity contribution in [2.75, 3.05) is 6.54 Å². The molecule has 8 heteroatoms. The van der Waals surface area contributed by atoms with Crippen molar-refractivity contribution in [2.45, 2.75) is 6.42 Å². The van der Waals surface area contributed by atoms with Gasteiger partial charge in [-0.15, -0.1) is 0 Å². The van der Waals surface area contributed by atoms with Gasteiger partial charge in [-0.05, 0) is 30.2 Å². The second-order valence-corrected chi connectivity index (χ2v) is 8.22. The first-order valence-corrected chi connectivity index (χ1v) is 10.4. The number of thioether (sulfide) groups is 1. The fourth-order valence-electron chi connectivity index (χ4n) is 3.12. The molecule has 3 aromatic rings. The molecule has 1 fully saturated rings. The molecule has 0 aliphatic carbocycles. The van der Waals surface area contributed by atoms with Crippen LogP contribution in [0.4, 0.5) is 5.69 Å². The van der Waals surface area contributed by atoms with Gasteiger partial charge in [-0.2, -0.15) is 0 Å². The normalized spacial score (nSPS) is 15.2. The lowest BCUT2D eigenvalue weighted by molar-refractivity contribution is -0.384. The fraction of sp³-hybridized carbons (Fsp3) is 0.0909. The average molecular weight is 437 g/mol. The smallest absolute Gasteiger partial charge is 0.280 e. The van der Waals surface area contributed by atoms with Gasteiger partial charge < -0.3 is 4.42 Å². The number of benzene rings is 2. The highest BCUT2D eigenvalue weighted by molar-refractivity contribution is 8.26. The maximum absolute atomic E-state index is 12.8. The number of amides is 1. The van der Waals surface area contributed by atoms with Crippen molar-refractivity contribution < 1.29 is 14.1 Å². The monoisotopic (exact) mass is 436 g/mol. The van der Waals surface area contributed by atoms with Crippen LogP contribution in [0.5, 0.6) is 0 Å². The van der Waals surface area contributed by atoms with E-state index in [9.17, 15) is 14.9 Å². The molecule has 0 spiro atoms. The van der Waals surface area contributed by atoms with Gasteiger partial charge >= 0.3 is 0 Å². The first-order valence-electron chi connectivity index (χ1n) is 9.16. The van der Waals surface area contributed by atoms with Crippen LogP contribution >= 0.6 is 24.0 Å². The lowest BCUT2D eigenvalue weighted by Gasteiger charge is -2.14. The summed E-state index contributed by atoms with van der Waals surface area (Å²) in [7, 11) is 0. The van der Waals surface area contributed by atoms with Gasteiger partial charge in [0, 0.05) is 18.7 Å². The summed E-state index contributed by atoms with van der Waals surface area (Å²) in [4.78, 5) is 25.6. The zero-order valence-corrected chi connectivity index (χ0v) is 17.3. The van der Waals surface area contributed by atoms with E-state index >= 15 is 0 Å². The lowest BCUT2D eigenvalue weighted by atomic mass is 10.1. The molecule has 150 valence electrons. The van der Waals surface area contributed by atoms with Crippen molar-refractivity contribution in [1.29, 1.82) is 0 Å². The molecule has 30 heavy (non-hydrogen) atoms. The van der Waals surface area contributed by atoms with Gasteiger partial charge in [0.25, 0.3) is 11.6 Å². The van der Waals surface area contributed by atoms with Gasteiger partial charge in [-0.25, -0.2) is 0 Å². The van der Waals surface area contributed by atoms with Crippen LogP contribution < -0.4 is 0 Å². The van der Waals surface area contributed by atoms with Crippen molar-refractivity contribution in [3.8, 4) is 11.3 Å². The van der Waals surface area contributed by atoms with Crippen molar-refractivity contribution in [2.24, 2.45) is 0 Å². The van der Waals surface area contributed by atoms with Gasteiger partial charge in [0.1, 0.15) is 15.8 Å². The molecular weight excluding hydrogens is 420 g/mol. The van der Waals surface area contributed by atoms with E-state index < -0.39 is 4.92 Å². The maximum Gasteiger partial charge on any atom is 0.280 e. The highest BCUT2D eigenvalue weighted by Gasteiger charge is 2.32. The van der Waals surface area contributed by atoms with Crippen molar-refractivity contribution >= 4 is 46.0 Å². The Labute approximate surface area is 182 Å². The topological polar surface area (TPSA) is 76.6 Å². The van der Waals surface area contributed by atoms with Gasteiger partial charge in [0.15, 0.2) is 0 Å². The highest BCUT2D eigenvalue weighted by Crippen LogP contribution is 2.35. The number of rotatable bonds is 6. The Bertz CT molecular complexity index is 1150. The maximum atomic E-state index is 12.8. The van der Waals surface area contributed by atoms with Crippen molar-refractivity contribution in [3.05, 3.63) is 93.1 Å². The van der Waals surface area contributed by atoms with Crippen molar-refractivity contribution in [1.82, 2.24) is 4.90 Å². The highest BCUT2D eigenvalue weighted by atomic mass is 32.2. The molecule has 0 bridgehead atoms. The first-order chi connectivity index (χ1) is 14.5. The summed E-state index contributed by atoms with van der Waals surface area (Å²) in [6.07, 6.45) is 2.34. The zero-order chi connectivity index (χ0) is 21.1. The Morgan fingerprint density at radius 2 is 1.80 bits per heavy atom. The molecule has 0 atom stereocenters. The number of nitro groups is 1. The van der Waals surface area contributed by atoms with E-state index in [0.717, 1.165) is 5.56 Å². The van der Waals surface area contributed by atoms with Crippen LogP contribution in [-0.2, 0) is 11.2 Å². The van der Waals surface area contributed by atoms with Crippen LogP contribution in [0.2, 0.25) is 0 Å². The number of para-hydroxylation sites is 1. The summed E-state index contributed by atoms with van der Waals surface area (Å²) in [5, 5.41) is 11.2. The Morgan fingerprint density at radius 3 is 2.57 bits per heavy atom. The second-order valence-electron chi connectivity index (χ2n) is 6.55. The third-order valence-corrected chi connectivity index (χ3v) is 5.98. The molecule has 1 aromatic heterocycles. The molecule has 6 nitrogen and oxygen atoms in total. The molecule has 1 aliphatic heterocycles. The molecular formula is C22H16N2O4S2. The Morgan fingerprint density at radius 1 is 1.07 bits per heavy atom. The number of carbonyl (C=O) groups is 1. The summed E-state index contributed by atoms with van der Waals surface area (Å²) in [6, 6.07) is 19.6. The molecule has 1 saturated heterocycles. The fourth-order valence-corrected chi connectivity index (χ4v) is 4.41. The van der Waals surface area contributed by atoms with Gasteiger partial charge in [-0.1, -0.05) is 66.4 Å². The average Bonchev–Trinajstić information content (AvgIpc) is 3.32. The summed E-state index contributed by atoms with van der Waals surface area (Å²) < 4.78 is 6.27. The quantitative estimate of drug-likeness (QED) is 0.226. The molecule has 1 aliphatic rings. The SMILES string of the molecule is O=C1C(=Cc2ccc(-c3ccccc3[N+](=O)[O-])o2)SC(=S)N1CCc1ccccc1. The Kier molecular flexibility index (Phi) is 5.78. The minimum absolute atomic E-state index is 0.0364. The number of nitro benzene ring substituents is 1. The summed E-state index contributed by atoms with van der Waals surface area (Å²) in [6.45, 7) is 0.506. The van der Waals surface area contributed by atoms with Crippen molar-refractivity contribution in [3.63, 3.8) is 0 Å². The third-order valence-electron chi connectivity index (χ3n) is 4.61. The largest absolute Gasteiger partial charge is 0.456 e. The number of hydrogen-bond donors (Lipinski definition) is 0. The third kappa shape index (κ3) is 4.19. The summed E-state index contributed by atoms with van der Waals surface area (Å²) in [5.74, 6) is 0.643. The summed E-state index contributed by atoms with van der Waals surface area (Å²) >= 11 is 6.60. The van der Waals surface area contributed by atoms with Gasteiger partial charge in [0.2, 0.25) is 0 Å². The Balaban J connectivity index is 1.51. The van der Waals surface area contributed by atoms with Crippen LogP contribution in [0.25, 0.3) is 17.4 Å². The van der Waals surface area contributed by atoms with E-state index in [1.807, 2.05) is 30.3 Å². The molecule has 4 rings (SSSR count). The first kappa shape index (κ1) is 20.1. The van der Waals surface area contributed by atoms with Gasteiger partial charge in [-0.3, -0.25) is 19.8 Å². The number of thiocarbonyl (C=S) groups is 1. The molecule has 0 radical (unpaired) electrons. The zero-order valence-electron chi connectivity index (χ0n) is 15.7. The van der Waals surface area contributed by atoms with Crippen LogP contribution in [-0.4, -0.2) is 26.6 Å². The number of carbonyl (C=O) groups excluding carboxylic acids is 1. The van der Waals surface area contributed by atoms with E-state index in [1.165, 1.54) is 17.8 Å². The lowest BCUT2D eigenvalue weighted by Crippen LogP contribution is -2.30. The number of furan rings is 1. The van der Waals surface area contributed by atoms with E-state index in [0.29, 0.717) is 39.3 Å². The van der Waals surface area contributed by atoms with Crippen LogP contribution in [0, 0.1) is 10.1 Å². The minimum Gasteiger partial charge on any atom is -0.456 e. The predicted molar refractivity (Wildman–Crippen MR) is 121 cm³/mol. The van der Waals surface area contributed by atoms with Crippen LogP contribution in [0.3, 0.4) is 0 Å². The predicted octanol–water partition coefficient (Wildman–Crippen LogP) is 5.30. The van der Waals surface area contributed by atoms with Crippen LogP contribution in [0.15, 0.2) is 76.1 Å². The number of nitrogens with zero attached hydrogens (tertiary/aromatic N) is 2. The van der Waals surface area contributed by atoms with Gasteiger partial charge in [0.05, 0.1) is 15.4 Å². The van der Waals surface area contributed by atoms with E-state index in [4.69, 9.17) is 16.6 Å². The molecule has 0 N–H and O–H groups in total. The van der Waals surface area contributed by atoms with E-state index in [2.05, 4.69) is 0 Å². The molecule has 2 heterocycles. The molecule has 0 saturated carbocycles. The number of hydrogen-bond acceptors (Lipinski definition) is 6. The van der Waals surface area contributed by atoms with E-state index in [1.54, 1.807) is 41.3 Å². The molecule has 1 amide bonds. The van der Waals surface area contributed by atoms with Crippen LogP contribution in [0.1, 0.15) is 11.3 Å². The molecule has 0 unspecified atom stereocenters. The standard InChI is InChI=1S/C22H16N2O4S2/c25-21-20(30-22(29)23(21)13-12-15-6-2-1-3-7-15)14-16-10-11-19(28-16)17-8-4-5-9-18(17)24(26)27/h1-11,14H,12-13H2. The minimum atomic E-state index is -0.449. The summed E-state index contributed by atoms with van der Waals surface area (Å²) in [5.41, 5.74) is 1.49. The second kappa shape index (κ2) is 8.64.